The molecule has 0 bridgehead atoms. The van der Waals surface area contributed by atoms with Crippen LogP contribution >= 0.6 is 0 Å². The molecule has 0 spiro atoms. The monoisotopic (exact) mass is 480 g/mol. The summed E-state index contributed by atoms with van der Waals surface area (Å²) >= 11 is 0. The first-order valence-electron chi connectivity index (χ1n) is 12.6. The second kappa shape index (κ2) is 8.49. The average Bonchev–Trinajstić information content (AvgIpc) is 2.96. The largest absolute Gasteiger partial charge is 0.507 e. The standard InChI is InChI=1S/C34H24O3/c35-31-14-6-5-13-27(31)34(36)30-19-21-8-1-2-10-24(21)29-20-28(25-11-3-4-12-26(25)33(29)30)22-15-16-32-23(18-22)9-7-17-37-32/h1-6,8,10-16,18-20,35H,7,9,17H2. The van der Waals surface area contributed by atoms with Crippen LogP contribution in [-0.4, -0.2) is 17.5 Å². The first-order chi connectivity index (χ1) is 18.2. The van der Waals surface area contributed by atoms with E-state index in [4.69, 9.17) is 4.74 Å². The van der Waals surface area contributed by atoms with Gasteiger partial charge in [-0.25, -0.2) is 0 Å². The Bertz CT molecular complexity index is 1870. The van der Waals surface area contributed by atoms with E-state index in [1.807, 2.05) is 36.4 Å². The van der Waals surface area contributed by atoms with Gasteiger partial charge in [0.1, 0.15) is 11.5 Å². The molecular weight excluding hydrogens is 456 g/mol. The van der Waals surface area contributed by atoms with E-state index < -0.39 is 0 Å². The summed E-state index contributed by atoms with van der Waals surface area (Å²) in [5, 5.41) is 16.6. The number of hydrogen-bond acceptors (Lipinski definition) is 3. The third-order valence-corrected chi connectivity index (χ3v) is 7.48. The zero-order valence-electron chi connectivity index (χ0n) is 20.2. The molecule has 0 saturated carbocycles. The molecule has 1 heterocycles. The summed E-state index contributed by atoms with van der Waals surface area (Å²) < 4.78 is 5.87. The molecular formula is C34H24O3. The zero-order valence-corrected chi connectivity index (χ0v) is 20.2. The van der Waals surface area contributed by atoms with Crippen molar-refractivity contribution in [3.8, 4) is 22.6 Å². The fourth-order valence-electron chi connectivity index (χ4n) is 5.73. The van der Waals surface area contributed by atoms with Gasteiger partial charge in [-0.2, -0.15) is 0 Å². The van der Waals surface area contributed by atoms with Crippen molar-refractivity contribution < 1.29 is 14.6 Å². The predicted octanol–water partition coefficient (Wildman–Crippen LogP) is 8.07. The Labute approximate surface area is 214 Å². The van der Waals surface area contributed by atoms with Gasteiger partial charge in [-0.3, -0.25) is 4.79 Å². The number of para-hydroxylation sites is 1. The van der Waals surface area contributed by atoms with Crippen molar-refractivity contribution >= 4 is 38.1 Å². The van der Waals surface area contributed by atoms with Gasteiger partial charge in [0.05, 0.1) is 12.2 Å². The molecule has 178 valence electrons. The Hall–Kier alpha value is -4.63. The van der Waals surface area contributed by atoms with Crippen molar-refractivity contribution in [2.24, 2.45) is 0 Å². The fraction of sp³-hybridized carbons (Fsp3) is 0.0882. The number of benzene rings is 6. The molecule has 1 aliphatic heterocycles. The number of ether oxygens (including phenoxy) is 1. The van der Waals surface area contributed by atoms with Crippen LogP contribution in [0.1, 0.15) is 27.9 Å². The Morgan fingerprint density at radius 1 is 0.703 bits per heavy atom. The molecule has 0 atom stereocenters. The van der Waals surface area contributed by atoms with E-state index in [0.29, 0.717) is 11.1 Å². The first-order valence-corrected chi connectivity index (χ1v) is 12.6. The Kier molecular flexibility index (Phi) is 4.97. The lowest BCUT2D eigenvalue weighted by Crippen LogP contribution is -2.08. The van der Waals surface area contributed by atoms with Crippen molar-refractivity contribution in [2.75, 3.05) is 6.61 Å². The number of ketones is 1. The van der Waals surface area contributed by atoms with E-state index in [-0.39, 0.29) is 11.5 Å². The van der Waals surface area contributed by atoms with E-state index in [1.54, 1.807) is 24.3 Å². The van der Waals surface area contributed by atoms with Crippen LogP contribution in [0.25, 0.3) is 43.4 Å². The zero-order chi connectivity index (χ0) is 24.9. The lowest BCUT2D eigenvalue weighted by molar-refractivity contribution is 0.103. The van der Waals surface area contributed by atoms with Gasteiger partial charge in [-0.1, -0.05) is 66.7 Å². The summed E-state index contributed by atoms with van der Waals surface area (Å²) in [5.41, 5.74) is 4.41. The third-order valence-electron chi connectivity index (χ3n) is 7.48. The minimum atomic E-state index is -0.183. The van der Waals surface area contributed by atoms with Crippen LogP contribution in [0.5, 0.6) is 11.5 Å². The maximum Gasteiger partial charge on any atom is 0.197 e. The molecule has 0 fully saturated rings. The van der Waals surface area contributed by atoms with E-state index >= 15 is 0 Å². The SMILES string of the molecule is O=C(c1ccccc1O)c1cc2ccccc2c2cc(-c3ccc4c(c3)CCCO4)c3ccccc3c12. The van der Waals surface area contributed by atoms with Crippen molar-refractivity contribution in [3.05, 3.63) is 120 Å². The maximum absolute atomic E-state index is 13.9. The molecule has 0 aliphatic carbocycles. The molecule has 7 rings (SSSR count). The van der Waals surface area contributed by atoms with Crippen LogP contribution in [0.4, 0.5) is 0 Å². The Morgan fingerprint density at radius 2 is 1.46 bits per heavy atom. The lowest BCUT2D eigenvalue weighted by atomic mass is 9.86. The number of aryl methyl sites for hydroxylation is 1. The van der Waals surface area contributed by atoms with Crippen molar-refractivity contribution in [2.45, 2.75) is 12.8 Å². The molecule has 3 nitrogen and oxygen atoms in total. The maximum atomic E-state index is 13.9. The minimum absolute atomic E-state index is 0.00832. The Morgan fingerprint density at radius 3 is 2.32 bits per heavy atom. The highest BCUT2D eigenvalue weighted by Crippen LogP contribution is 2.42. The highest BCUT2D eigenvalue weighted by molar-refractivity contribution is 6.30. The van der Waals surface area contributed by atoms with E-state index in [9.17, 15) is 9.90 Å². The number of rotatable bonds is 3. The van der Waals surface area contributed by atoms with Crippen molar-refractivity contribution in [3.63, 3.8) is 0 Å². The van der Waals surface area contributed by atoms with E-state index in [0.717, 1.165) is 68.6 Å². The molecule has 6 aromatic carbocycles. The summed E-state index contributed by atoms with van der Waals surface area (Å²) in [5.74, 6) is 0.782. The van der Waals surface area contributed by atoms with Gasteiger partial charge in [0.2, 0.25) is 0 Å². The molecule has 0 saturated heterocycles. The second-order valence-corrected chi connectivity index (χ2v) is 9.66. The number of aromatic hydroxyl groups is 1. The average molecular weight is 481 g/mol. The lowest BCUT2D eigenvalue weighted by Gasteiger charge is -2.20. The molecule has 37 heavy (non-hydrogen) atoms. The van der Waals surface area contributed by atoms with Gasteiger partial charge < -0.3 is 9.84 Å². The summed E-state index contributed by atoms with van der Waals surface area (Å²) in [4.78, 5) is 13.9. The van der Waals surface area contributed by atoms with Gasteiger partial charge in [0.25, 0.3) is 0 Å². The highest BCUT2D eigenvalue weighted by atomic mass is 16.5. The van der Waals surface area contributed by atoms with Gasteiger partial charge in [-0.15, -0.1) is 0 Å². The molecule has 0 radical (unpaired) electrons. The first kappa shape index (κ1) is 21.6. The number of carbonyl (C=O) groups excluding carboxylic acids is 1. The molecule has 6 aromatic rings. The summed E-state index contributed by atoms with van der Waals surface area (Å²) in [6, 6.07) is 33.9. The quantitative estimate of drug-likeness (QED) is 0.206. The van der Waals surface area contributed by atoms with Crippen LogP contribution in [-0.2, 0) is 6.42 Å². The van der Waals surface area contributed by atoms with Crippen molar-refractivity contribution in [1.29, 1.82) is 0 Å². The molecule has 3 heteroatoms. The number of hydrogen-bond donors (Lipinski definition) is 1. The van der Waals surface area contributed by atoms with Gasteiger partial charge in [-0.05, 0) is 92.9 Å². The van der Waals surface area contributed by atoms with Crippen LogP contribution in [0, 0.1) is 0 Å². The Balaban J connectivity index is 1.59. The van der Waals surface area contributed by atoms with Gasteiger partial charge >= 0.3 is 0 Å². The number of phenolic OH excluding ortho intramolecular Hbond substituents is 1. The van der Waals surface area contributed by atoms with Crippen LogP contribution in [0.2, 0.25) is 0 Å². The topological polar surface area (TPSA) is 46.5 Å². The van der Waals surface area contributed by atoms with Crippen LogP contribution in [0.15, 0.2) is 103 Å². The van der Waals surface area contributed by atoms with E-state index in [1.165, 1.54) is 5.56 Å². The van der Waals surface area contributed by atoms with Crippen LogP contribution in [0.3, 0.4) is 0 Å². The second-order valence-electron chi connectivity index (χ2n) is 9.66. The van der Waals surface area contributed by atoms with Crippen LogP contribution < -0.4 is 4.74 Å². The minimum Gasteiger partial charge on any atom is -0.507 e. The third kappa shape index (κ3) is 3.47. The fourth-order valence-corrected chi connectivity index (χ4v) is 5.73. The van der Waals surface area contributed by atoms with Gasteiger partial charge in [0.15, 0.2) is 5.78 Å². The van der Waals surface area contributed by atoms with Gasteiger partial charge in [0, 0.05) is 10.9 Å². The molecule has 0 unspecified atom stereocenters. The molecule has 0 amide bonds. The highest BCUT2D eigenvalue weighted by Gasteiger charge is 2.21. The normalized spacial score (nSPS) is 13.0. The van der Waals surface area contributed by atoms with Crippen molar-refractivity contribution in [1.82, 2.24) is 0 Å². The molecule has 0 aromatic heterocycles. The number of phenols is 1. The summed E-state index contributed by atoms with van der Waals surface area (Å²) in [7, 11) is 0. The molecule has 1 N–H and O–H groups in total. The summed E-state index contributed by atoms with van der Waals surface area (Å²) in [6.45, 7) is 0.769. The van der Waals surface area contributed by atoms with E-state index in [2.05, 4.69) is 42.5 Å². The number of carbonyl (C=O) groups is 1. The molecule has 1 aliphatic rings. The predicted molar refractivity (Wildman–Crippen MR) is 150 cm³/mol. The number of fused-ring (bicyclic) bond motifs is 6. The smallest absolute Gasteiger partial charge is 0.197 e. The summed E-state index contributed by atoms with van der Waals surface area (Å²) in [6.07, 6.45) is 2.04.